The molecule has 0 radical (unpaired) electrons. The molecule has 1 unspecified atom stereocenters. The van der Waals surface area contributed by atoms with Crippen molar-refractivity contribution in [2.24, 2.45) is 0 Å². The fraction of sp³-hybridized carbons (Fsp3) is 1.00. The molecule has 1 atom stereocenters. The first-order valence-electron chi connectivity index (χ1n) is 6.83. The molecule has 0 bridgehead atoms. The molecule has 1 heterocycles. The van der Waals surface area contributed by atoms with Crippen LogP contribution in [0.5, 0.6) is 0 Å². The third-order valence-corrected chi connectivity index (χ3v) is 3.88. The van der Waals surface area contributed by atoms with E-state index in [0.29, 0.717) is 6.04 Å². The molecule has 0 spiro atoms. The SMILES string of the molecule is CC(CO)(CCCN1CCCC1)NC1CC1. The van der Waals surface area contributed by atoms with E-state index in [2.05, 4.69) is 17.1 Å². The number of hydrogen-bond acceptors (Lipinski definition) is 3. The van der Waals surface area contributed by atoms with E-state index < -0.39 is 0 Å². The molecule has 16 heavy (non-hydrogen) atoms. The van der Waals surface area contributed by atoms with Crippen molar-refractivity contribution in [3.63, 3.8) is 0 Å². The predicted octanol–water partition coefficient (Wildman–Crippen LogP) is 1.37. The molecule has 1 aliphatic heterocycles. The monoisotopic (exact) mass is 226 g/mol. The second-order valence-electron chi connectivity index (χ2n) is 5.79. The minimum absolute atomic E-state index is 0.0408. The summed E-state index contributed by atoms with van der Waals surface area (Å²) in [6.45, 7) is 6.21. The Bertz CT molecular complexity index is 212. The van der Waals surface area contributed by atoms with Gasteiger partial charge in [-0.2, -0.15) is 0 Å². The first kappa shape index (κ1) is 12.3. The summed E-state index contributed by atoms with van der Waals surface area (Å²) in [6, 6.07) is 0.684. The molecule has 94 valence electrons. The molecular weight excluding hydrogens is 200 g/mol. The van der Waals surface area contributed by atoms with Gasteiger partial charge in [-0.25, -0.2) is 0 Å². The lowest BCUT2D eigenvalue weighted by molar-refractivity contribution is 0.157. The van der Waals surface area contributed by atoms with Crippen LogP contribution in [0.1, 0.15) is 45.4 Å². The highest BCUT2D eigenvalue weighted by Gasteiger charge is 2.31. The van der Waals surface area contributed by atoms with Crippen LogP contribution in [-0.2, 0) is 0 Å². The van der Waals surface area contributed by atoms with Gasteiger partial charge in [0.1, 0.15) is 0 Å². The maximum atomic E-state index is 9.48. The first-order valence-corrected chi connectivity index (χ1v) is 6.83. The van der Waals surface area contributed by atoms with Gasteiger partial charge in [-0.15, -0.1) is 0 Å². The molecule has 0 aromatic heterocycles. The lowest BCUT2D eigenvalue weighted by Gasteiger charge is -2.29. The number of nitrogens with zero attached hydrogens (tertiary/aromatic N) is 1. The Morgan fingerprint density at radius 1 is 1.31 bits per heavy atom. The van der Waals surface area contributed by atoms with Crippen molar-refractivity contribution in [3.8, 4) is 0 Å². The van der Waals surface area contributed by atoms with Crippen LogP contribution in [0.3, 0.4) is 0 Å². The number of aliphatic hydroxyl groups excluding tert-OH is 1. The molecule has 2 N–H and O–H groups in total. The summed E-state index contributed by atoms with van der Waals surface area (Å²) >= 11 is 0. The molecule has 3 nitrogen and oxygen atoms in total. The summed E-state index contributed by atoms with van der Waals surface area (Å²) in [7, 11) is 0. The Morgan fingerprint density at radius 3 is 2.56 bits per heavy atom. The van der Waals surface area contributed by atoms with Gasteiger partial charge < -0.3 is 15.3 Å². The van der Waals surface area contributed by atoms with Gasteiger partial charge in [-0.1, -0.05) is 0 Å². The van der Waals surface area contributed by atoms with Crippen LogP contribution >= 0.6 is 0 Å². The van der Waals surface area contributed by atoms with Crippen molar-refractivity contribution in [1.29, 1.82) is 0 Å². The molecule has 0 amide bonds. The Balaban J connectivity index is 1.64. The van der Waals surface area contributed by atoms with Gasteiger partial charge in [0, 0.05) is 11.6 Å². The first-order chi connectivity index (χ1) is 7.72. The van der Waals surface area contributed by atoms with E-state index in [1.165, 1.54) is 51.7 Å². The molecule has 1 saturated heterocycles. The Morgan fingerprint density at radius 2 is 2.00 bits per heavy atom. The topological polar surface area (TPSA) is 35.5 Å². The molecule has 0 aromatic rings. The van der Waals surface area contributed by atoms with Crippen LogP contribution < -0.4 is 5.32 Å². The minimum Gasteiger partial charge on any atom is -0.394 e. The van der Waals surface area contributed by atoms with E-state index in [4.69, 9.17) is 0 Å². The number of rotatable bonds is 7. The van der Waals surface area contributed by atoms with E-state index >= 15 is 0 Å². The standard InChI is InChI=1S/C13H26N2O/c1-13(11-16,14-12-5-6-12)7-4-10-15-8-2-3-9-15/h12,14,16H,2-11H2,1H3. The molecule has 1 saturated carbocycles. The minimum atomic E-state index is -0.0408. The molecule has 2 rings (SSSR count). The van der Waals surface area contributed by atoms with Crippen molar-refractivity contribution >= 4 is 0 Å². The molecule has 2 aliphatic rings. The average molecular weight is 226 g/mol. The number of hydrogen-bond donors (Lipinski definition) is 2. The van der Waals surface area contributed by atoms with Crippen molar-refractivity contribution in [2.75, 3.05) is 26.2 Å². The van der Waals surface area contributed by atoms with Gasteiger partial charge in [0.25, 0.3) is 0 Å². The van der Waals surface area contributed by atoms with Gasteiger partial charge in [-0.05, 0) is 65.1 Å². The Kier molecular flexibility index (Phi) is 4.22. The van der Waals surface area contributed by atoms with Gasteiger partial charge in [0.2, 0.25) is 0 Å². The lowest BCUT2D eigenvalue weighted by Crippen LogP contribution is -2.47. The number of aliphatic hydroxyl groups is 1. The van der Waals surface area contributed by atoms with Crippen LogP contribution in [0.15, 0.2) is 0 Å². The van der Waals surface area contributed by atoms with Gasteiger partial charge in [-0.3, -0.25) is 0 Å². The summed E-state index contributed by atoms with van der Waals surface area (Å²) in [6.07, 6.45) is 7.63. The van der Waals surface area contributed by atoms with E-state index in [9.17, 15) is 5.11 Å². The van der Waals surface area contributed by atoms with Crippen molar-refractivity contribution in [1.82, 2.24) is 10.2 Å². The van der Waals surface area contributed by atoms with Crippen LogP contribution in [0.2, 0.25) is 0 Å². The summed E-state index contributed by atoms with van der Waals surface area (Å²) in [4.78, 5) is 2.55. The lowest BCUT2D eigenvalue weighted by atomic mass is 9.96. The molecular formula is C13H26N2O. The smallest absolute Gasteiger partial charge is 0.0610 e. The van der Waals surface area contributed by atoms with E-state index in [1.807, 2.05) is 0 Å². The van der Waals surface area contributed by atoms with Gasteiger partial charge >= 0.3 is 0 Å². The zero-order chi connectivity index (χ0) is 11.4. The predicted molar refractivity (Wildman–Crippen MR) is 66.6 cm³/mol. The van der Waals surface area contributed by atoms with Crippen LogP contribution in [0.4, 0.5) is 0 Å². The average Bonchev–Trinajstić information content (AvgIpc) is 2.92. The highest BCUT2D eigenvalue weighted by Crippen LogP contribution is 2.24. The Labute approximate surface area is 99.2 Å². The summed E-state index contributed by atoms with van der Waals surface area (Å²) in [5, 5.41) is 13.1. The van der Waals surface area contributed by atoms with Crippen LogP contribution in [-0.4, -0.2) is 47.8 Å². The zero-order valence-corrected chi connectivity index (χ0v) is 10.5. The molecule has 0 aromatic carbocycles. The highest BCUT2D eigenvalue weighted by atomic mass is 16.3. The second kappa shape index (κ2) is 5.48. The normalized spacial score (nSPS) is 25.9. The maximum Gasteiger partial charge on any atom is 0.0610 e. The molecule has 2 fully saturated rings. The third-order valence-electron chi connectivity index (χ3n) is 3.88. The Hall–Kier alpha value is -0.120. The number of likely N-dealkylation sites (tertiary alicyclic amines) is 1. The summed E-state index contributed by atoms with van der Waals surface area (Å²) < 4.78 is 0. The quantitative estimate of drug-likeness (QED) is 0.688. The van der Waals surface area contributed by atoms with Gasteiger partial charge in [0.15, 0.2) is 0 Å². The van der Waals surface area contributed by atoms with E-state index in [0.717, 1.165) is 6.42 Å². The van der Waals surface area contributed by atoms with Gasteiger partial charge in [0.05, 0.1) is 6.61 Å². The summed E-state index contributed by atoms with van der Waals surface area (Å²) in [5.41, 5.74) is -0.0408. The number of nitrogens with one attached hydrogen (secondary N) is 1. The highest BCUT2D eigenvalue weighted by molar-refractivity contribution is 4.92. The van der Waals surface area contributed by atoms with E-state index in [1.54, 1.807) is 0 Å². The molecule has 3 heteroatoms. The fourth-order valence-electron chi connectivity index (χ4n) is 2.62. The third kappa shape index (κ3) is 3.72. The largest absolute Gasteiger partial charge is 0.394 e. The van der Waals surface area contributed by atoms with Crippen LogP contribution in [0.25, 0.3) is 0 Å². The zero-order valence-electron chi connectivity index (χ0n) is 10.5. The van der Waals surface area contributed by atoms with Crippen molar-refractivity contribution < 1.29 is 5.11 Å². The maximum absolute atomic E-state index is 9.48. The summed E-state index contributed by atoms with van der Waals surface area (Å²) in [5.74, 6) is 0. The van der Waals surface area contributed by atoms with Crippen molar-refractivity contribution in [2.45, 2.75) is 57.0 Å². The van der Waals surface area contributed by atoms with E-state index in [-0.39, 0.29) is 12.1 Å². The van der Waals surface area contributed by atoms with Crippen molar-refractivity contribution in [3.05, 3.63) is 0 Å². The van der Waals surface area contributed by atoms with Crippen LogP contribution in [0, 0.1) is 0 Å². The molecule has 1 aliphatic carbocycles. The fourth-order valence-corrected chi connectivity index (χ4v) is 2.62. The second-order valence-corrected chi connectivity index (χ2v) is 5.79.